The maximum Gasteiger partial charge on any atom is 0.301 e. The van der Waals surface area contributed by atoms with Crippen molar-refractivity contribution in [1.29, 1.82) is 0 Å². The van der Waals surface area contributed by atoms with Crippen LogP contribution in [0.1, 0.15) is 5.69 Å². The molecule has 1 amide bonds. The van der Waals surface area contributed by atoms with E-state index < -0.39 is 0 Å². The zero-order valence-corrected chi connectivity index (χ0v) is 6.13. The third kappa shape index (κ3) is 2.05. The van der Waals surface area contributed by atoms with Crippen LogP contribution in [0.2, 0.25) is 0 Å². The van der Waals surface area contributed by atoms with Gasteiger partial charge in [-0.3, -0.25) is 10.1 Å². The fourth-order valence-corrected chi connectivity index (χ4v) is 0.582. The fourth-order valence-electron chi connectivity index (χ4n) is 0.582. The predicted octanol–water partition coefficient (Wildman–Crippen LogP) is -0.120. The van der Waals surface area contributed by atoms with Gasteiger partial charge < -0.3 is 10.2 Å². The van der Waals surface area contributed by atoms with Gasteiger partial charge in [-0.25, -0.2) is 0 Å². The molecule has 0 fully saturated rings. The minimum absolute atomic E-state index is 0.0680. The molecule has 0 aliphatic heterocycles. The topological polar surface area (TPSA) is 81.2 Å². The standard InChI is InChI=1S/C6H9N3O2/c1-4-3-11-6(8-4)9-5(10)2-7/h3H,2,7H2,1H3,(H,8,9,10). The monoisotopic (exact) mass is 155 g/mol. The summed E-state index contributed by atoms with van der Waals surface area (Å²) in [6.45, 7) is 1.70. The zero-order chi connectivity index (χ0) is 8.27. The minimum Gasteiger partial charge on any atom is -0.432 e. The third-order valence-corrected chi connectivity index (χ3v) is 1.05. The van der Waals surface area contributed by atoms with Crippen LogP contribution in [0.25, 0.3) is 0 Å². The van der Waals surface area contributed by atoms with Gasteiger partial charge in [0.05, 0.1) is 12.2 Å². The molecule has 0 bridgehead atoms. The summed E-state index contributed by atoms with van der Waals surface area (Å²) in [5.41, 5.74) is 5.76. The second kappa shape index (κ2) is 3.16. The molecule has 0 aliphatic carbocycles. The molecule has 0 aromatic carbocycles. The number of nitrogens with zero attached hydrogens (tertiary/aromatic N) is 1. The first kappa shape index (κ1) is 7.74. The number of nitrogens with one attached hydrogen (secondary N) is 1. The molecule has 0 radical (unpaired) electrons. The Morgan fingerprint density at radius 3 is 3.09 bits per heavy atom. The maximum atomic E-state index is 10.7. The quantitative estimate of drug-likeness (QED) is 0.623. The summed E-state index contributed by atoms with van der Waals surface area (Å²) < 4.78 is 4.84. The second-order valence-electron chi connectivity index (χ2n) is 2.05. The van der Waals surface area contributed by atoms with Crippen LogP contribution >= 0.6 is 0 Å². The molecule has 3 N–H and O–H groups in total. The molecule has 5 nitrogen and oxygen atoms in total. The van der Waals surface area contributed by atoms with Gasteiger partial charge in [-0.1, -0.05) is 0 Å². The van der Waals surface area contributed by atoms with Crippen LogP contribution in [0.4, 0.5) is 6.01 Å². The fraction of sp³-hybridized carbons (Fsp3) is 0.333. The number of oxazole rings is 1. The summed E-state index contributed by atoms with van der Waals surface area (Å²) in [5, 5.41) is 2.37. The van der Waals surface area contributed by atoms with Crippen molar-refractivity contribution in [3.8, 4) is 0 Å². The average Bonchev–Trinajstić information content (AvgIpc) is 2.35. The zero-order valence-electron chi connectivity index (χ0n) is 6.13. The van der Waals surface area contributed by atoms with Gasteiger partial charge in [0.2, 0.25) is 5.91 Å². The van der Waals surface area contributed by atoms with Crippen molar-refractivity contribution in [1.82, 2.24) is 4.98 Å². The highest BCUT2D eigenvalue weighted by Gasteiger charge is 2.03. The normalized spacial score (nSPS) is 9.64. The van der Waals surface area contributed by atoms with Crippen molar-refractivity contribution >= 4 is 11.9 Å². The number of carbonyl (C=O) groups excluding carboxylic acids is 1. The van der Waals surface area contributed by atoms with Gasteiger partial charge in [-0.2, -0.15) is 4.98 Å². The lowest BCUT2D eigenvalue weighted by molar-refractivity contribution is -0.115. The van der Waals surface area contributed by atoms with Crippen molar-refractivity contribution in [3.05, 3.63) is 12.0 Å². The molecular formula is C6H9N3O2. The number of rotatable bonds is 2. The predicted molar refractivity (Wildman–Crippen MR) is 38.9 cm³/mol. The Balaban J connectivity index is 2.57. The first-order chi connectivity index (χ1) is 5.22. The Hall–Kier alpha value is -1.36. The number of hydrogen-bond donors (Lipinski definition) is 2. The van der Waals surface area contributed by atoms with E-state index >= 15 is 0 Å². The van der Waals surface area contributed by atoms with Crippen molar-refractivity contribution in [2.24, 2.45) is 5.73 Å². The molecule has 60 valence electrons. The van der Waals surface area contributed by atoms with Crippen LogP contribution in [0.5, 0.6) is 0 Å². The summed E-state index contributed by atoms with van der Waals surface area (Å²) in [7, 11) is 0. The molecule has 0 atom stereocenters. The first-order valence-electron chi connectivity index (χ1n) is 3.14. The number of anilines is 1. The van der Waals surface area contributed by atoms with E-state index in [9.17, 15) is 4.79 Å². The maximum absolute atomic E-state index is 10.7. The summed E-state index contributed by atoms with van der Waals surface area (Å²) in [6.07, 6.45) is 1.45. The summed E-state index contributed by atoms with van der Waals surface area (Å²) >= 11 is 0. The molecule has 0 unspecified atom stereocenters. The van der Waals surface area contributed by atoms with Crippen molar-refractivity contribution in [3.63, 3.8) is 0 Å². The van der Waals surface area contributed by atoms with Crippen LogP contribution in [0, 0.1) is 6.92 Å². The average molecular weight is 155 g/mol. The Morgan fingerprint density at radius 1 is 1.91 bits per heavy atom. The van der Waals surface area contributed by atoms with E-state index in [1.165, 1.54) is 6.26 Å². The molecule has 1 aromatic rings. The van der Waals surface area contributed by atoms with Crippen LogP contribution in [0.15, 0.2) is 10.7 Å². The van der Waals surface area contributed by atoms with Crippen LogP contribution < -0.4 is 11.1 Å². The van der Waals surface area contributed by atoms with Gasteiger partial charge in [0.1, 0.15) is 6.26 Å². The van der Waals surface area contributed by atoms with E-state index in [0.29, 0.717) is 0 Å². The highest BCUT2D eigenvalue weighted by Crippen LogP contribution is 2.04. The van der Waals surface area contributed by atoms with Gasteiger partial charge in [0, 0.05) is 0 Å². The summed E-state index contributed by atoms with van der Waals surface area (Å²) in [5.74, 6) is -0.313. The highest BCUT2D eigenvalue weighted by atomic mass is 16.4. The molecule has 0 saturated carbocycles. The van der Waals surface area contributed by atoms with Crippen molar-refractivity contribution < 1.29 is 9.21 Å². The number of aromatic nitrogens is 1. The largest absolute Gasteiger partial charge is 0.432 e. The first-order valence-corrected chi connectivity index (χ1v) is 3.14. The second-order valence-corrected chi connectivity index (χ2v) is 2.05. The van der Waals surface area contributed by atoms with Crippen molar-refractivity contribution in [2.45, 2.75) is 6.92 Å². The van der Waals surface area contributed by atoms with E-state index in [1.54, 1.807) is 6.92 Å². The van der Waals surface area contributed by atoms with Crippen molar-refractivity contribution in [2.75, 3.05) is 11.9 Å². The van der Waals surface area contributed by atoms with Gasteiger partial charge in [-0.15, -0.1) is 0 Å². The Kier molecular flexibility index (Phi) is 2.22. The van der Waals surface area contributed by atoms with Gasteiger partial charge in [0.25, 0.3) is 0 Å². The van der Waals surface area contributed by atoms with Crippen LogP contribution in [-0.4, -0.2) is 17.4 Å². The van der Waals surface area contributed by atoms with E-state index in [-0.39, 0.29) is 18.5 Å². The molecule has 0 spiro atoms. The van der Waals surface area contributed by atoms with Gasteiger partial charge >= 0.3 is 6.01 Å². The number of amides is 1. The highest BCUT2D eigenvalue weighted by molar-refractivity contribution is 5.89. The van der Waals surface area contributed by atoms with Crippen LogP contribution in [0.3, 0.4) is 0 Å². The molecule has 1 aromatic heterocycles. The van der Waals surface area contributed by atoms with E-state index in [2.05, 4.69) is 10.3 Å². The smallest absolute Gasteiger partial charge is 0.301 e. The van der Waals surface area contributed by atoms with E-state index in [4.69, 9.17) is 10.2 Å². The summed E-state index contributed by atoms with van der Waals surface area (Å²) in [4.78, 5) is 14.5. The van der Waals surface area contributed by atoms with Gasteiger partial charge in [0.15, 0.2) is 0 Å². The third-order valence-electron chi connectivity index (χ3n) is 1.05. The molecule has 5 heteroatoms. The molecule has 0 aliphatic rings. The molecule has 1 heterocycles. The SMILES string of the molecule is Cc1coc(NC(=O)CN)n1. The number of carbonyl (C=O) groups is 1. The Bertz CT molecular complexity index is 256. The minimum atomic E-state index is -0.313. The lowest BCUT2D eigenvalue weighted by atomic mass is 10.6. The Labute approximate surface area is 63.6 Å². The van der Waals surface area contributed by atoms with Crippen LogP contribution in [-0.2, 0) is 4.79 Å². The lowest BCUT2D eigenvalue weighted by Crippen LogP contribution is -2.21. The van der Waals surface area contributed by atoms with E-state index in [1.807, 2.05) is 0 Å². The molecule has 11 heavy (non-hydrogen) atoms. The molecule has 1 rings (SSSR count). The van der Waals surface area contributed by atoms with Gasteiger partial charge in [-0.05, 0) is 6.92 Å². The number of nitrogens with two attached hydrogens (primary N) is 1. The summed E-state index contributed by atoms with van der Waals surface area (Å²) in [6, 6.07) is 0.193. The molecule has 0 saturated heterocycles. The molecular weight excluding hydrogens is 146 g/mol. The lowest BCUT2D eigenvalue weighted by Gasteiger charge is -1.94. The number of hydrogen-bond acceptors (Lipinski definition) is 4. The number of aryl methyl sites for hydroxylation is 1. The Morgan fingerprint density at radius 2 is 2.64 bits per heavy atom. The van der Waals surface area contributed by atoms with E-state index in [0.717, 1.165) is 5.69 Å².